The van der Waals surface area contributed by atoms with Crippen LogP contribution in [0.1, 0.15) is 38.5 Å². The van der Waals surface area contributed by atoms with E-state index in [1.807, 2.05) is 6.92 Å². The summed E-state index contributed by atoms with van der Waals surface area (Å²) in [4.78, 5) is 17.1. The number of imidazole rings is 1. The molecular formula is C17H20FN5O2. The van der Waals surface area contributed by atoms with E-state index in [4.69, 9.17) is 4.52 Å². The lowest BCUT2D eigenvalue weighted by Gasteiger charge is -2.33. The molecule has 2 aromatic heterocycles. The molecule has 0 aliphatic heterocycles. The highest BCUT2D eigenvalue weighted by atomic mass is 19.1. The molecule has 0 saturated heterocycles. The molecule has 0 amide bonds. The number of benzene rings is 1. The number of hydrogen-bond acceptors (Lipinski definition) is 5. The van der Waals surface area contributed by atoms with Gasteiger partial charge in [-0.25, -0.2) is 13.8 Å². The molecule has 0 bridgehead atoms. The Labute approximate surface area is 143 Å². The molecule has 4 rings (SSSR count). The highest BCUT2D eigenvalue weighted by Gasteiger charge is 2.34. The maximum Gasteiger partial charge on any atom is 0.336 e. The fourth-order valence-corrected chi connectivity index (χ4v) is 3.49. The predicted octanol–water partition coefficient (Wildman–Crippen LogP) is 2.19. The molecule has 0 unspecified atom stereocenters. The highest BCUT2D eigenvalue weighted by Crippen LogP contribution is 2.36. The molecule has 1 saturated carbocycles. The Morgan fingerprint density at radius 1 is 1.32 bits per heavy atom. The maximum atomic E-state index is 13.7. The van der Waals surface area contributed by atoms with Gasteiger partial charge in [-0.3, -0.25) is 4.57 Å². The van der Waals surface area contributed by atoms with Gasteiger partial charge >= 0.3 is 5.69 Å². The monoisotopic (exact) mass is 345 g/mol. The van der Waals surface area contributed by atoms with Gasteiger partial charge in [-0.1, -0.05) is 6.92 Å². The molecule has 132 valence electrons. The Balaban J connectivity index is 1.72. The number of fused-ring (bicyclic) bond motifs is 1. The predicted molar refractivity (Wildman–Crippen MR) is 90.5 cm³/mol. The topological polar surface area (TPSA) is 77.9 Å². The molecule has 2 heterocycles. The molecule has 1 N–H and O–H groups in total. The molecule has 1 aromatic carbocycles. The van der Waals surface area contributed by atoms with Crippen molar-refractivity contribution in [1.82, 2.24) is 24.6 Å². The quantitative estimate of drug-likeness (QED) is 0.767. The van der Waals surface area contributed by atoms with Crippen molar-refractivity contribution in [2.75, 3.05) is 6.54 Å². The summed E-state index contributed by atoms with van der Waals surface area (Å²) in [6, 6.07) is 4.74. The van der Waals surface area contributed by atoms with Crippen molar-refractivity contribution in [3.05, 3.63) is 40.4 Å². The number of rotatable bonds is 5. The van der Waals surface area contributed by atoms with Crippen molar-refractivity contribution < 1.29 is 8.91 Å². The van der Waals surface area contributed by atoms with Crippen LogP contribution in [0.3, 0.4) is 0 Å². The third kappa shape index (κ3) is 2.57. The number of aryl methyl sites for hydroxylation is 1. The Morgan fingerprint density at radius 3 is 2.84 bits per heavy atom. The number of nitrogens with one attached hydrogen (secondary N) is 1. The van der Waals surface area contributed by atoms with E-state index in [0.29, 0.717) is 29.5 Å². The van der Waals surface area contributed by atoms with E-state index in [-0.39, 0.29) is 17.6 Å². The van der Waals surface area contributed by atoms with Crippen LogP contribution < -0.4 is 11.0 Å². The summed E-state index contributed by atoms with van der Waals surface area (Å²) in [7, 11) is 0. The second-order valence-electron chi connectivity index (χ2n) is 6.35. The van der Waals surface area contributed by atoms with E-state index in [9.17, 15) is 9.18 Å². The molecule has 0 radical (unpaired) electrons. The second-order valence-corrected chi connectivity index (χ2v) is 6.35. The van der Waals surface area contributed by atoms with Crippen molar-refractivity contribution in [2.24, 2.45) is 0 Å². The number of hydrogen-bond donors (Lipinski definition) is 1. The van der Waals surface area contributed by atoms with Gasteiger partial charge < -0.3 is 9.84 Å². The van der Waals surface area contributed by atoms with E-state index in [2.05, 4.69) is 22.4 Å². The summed E-state index contributed by atoms with van der Waals surface area (Å²) in [6.45, 7) is 5.36. The molecule has 1 fully saturated rings. The average molecular weight is 345 g/mol. The van der Waals surface area contributed by atoms with Crippen LogP contribution in [0.15, 0.2) is 27.5 Å². The summed E-state index contributed by atoms with van der Waals surface area (Å²) in [5.74, 6) is 0.488. The fraction of sp³-hybridized carbons (Fsp3) is 0.471. The van der Waals surface area contributed by atoms with Crippen molar-refractivity contribution in [3.8, 4) is 5.95 Å². The lowest BCUT2D eigenvalue weighted by Crippen LogP contribution is -2.39. The van der Waals surface area contributed by atoms with E-state index >= 15 is 0 Å². The first-order chi connectivity index (χ1) is 12.1. The summed E-state index contributed by atoms with van der Waals surface area (Å²) in [5, 5.41) is 7.35. The Kier molecular flexibility index (Phi) is 3.91. The van der Waals surface area contributed by atoms with Gasteiger partial charge in [-0.05, 0) is 43.6 Å². The molecule has 7 nitrogen and oxygen atoms in total. The first kappa shape index (κ1) is 16.0. The first-order valence-electron chi connectivity index (χ1n) is 8.60. The normalized spacial score (nSPS) is 20.1. The molecule has 25 heavy (non-hydrogen) atoms. The summed E-state index contributed by atoms with van der Waals surface area (Å²) >= 11 is 0. The van der Waals surface area contributed by atoms with Crippen LogP contribution in [-0.4, -0.2) is 31.9 Å². The molecular weight excluding hydrogens is 325 g/mol. The smallest absolute Gasteiger partial charge is 0.336 e. The molecule has 8 heteroatoms. The standard InChI is InChI=1S/C17H20FN5O2/c1-3-19-12-7-10(8-12)15-20-16(21-25-15)23-14-9-11(18)5-6-13(14)22(4-2)17(23)24/h5-6,9-10,12,19H,3-4,7-8H2,1-2H3. The van der Waals surface area contributed by atoms with Crippen LogP contribution in [0, 0.1) is 5.82 Å². The third-order valence-electron chi connectivity index (χ3n) is 4.82. The molecule has 0 spiro atoms. The number of nitrogens with zero attached hydrogens (tertiary/aromatic N) is 4. The van der Waals surface area contributed by atoms with E-state index < -0.39 is 5.82 Å². The van der Waals surface area contributed by atoms with Gasteiger partial charge in [0.15, 0.2) is 0 Å². The summed E-state index contributed by atoms with van der Waals surface area (Å²) < 4.78 is 21.9. The van der Waals surface area contributed by atoms with Gasteiger partial charge in [-0.2, -0.15) is 4.98 Å². The van der Waals surface area contributed by atoms with Gasteiger partial charge in [0, 0.05) is 24.6 Å². The molecule has 0 atom stereocenters. The fourth-order valence-electron chi connectivity index (χ4n) is 3.49. The van der Waals surface area contributed by atoms with Crippen molar-refractivity contribution in [3.63, 3.8) is 0 Å². The Hall–Kier alpha value is -2.48. The molecule has 3 aromatic rings. The highest BCUT2D eigenvalue weighted by molar-refractivity contribution is 5.77. The maximum absolute atomic E-state index is 13.7. The summed E-state index contributed by atoms with van der Waals surface area (Å²) in [5.41, 5.74) is 0.795. The zero-order chi connectivity index (χ0) is 17.6. The minimum absolute atomic E-state index is 0.162. The van der Waals surface area contributed by atoms with Crippen LogP contribution in [0.5, 0.6) is 0 Å². The van der Waals surface area contributed by atoms with Crippen molar-refractivity contribution >= 4 is 11.0 Å². The first-order valence-corrected chi connectivity index (χ1v) is 8.60. The Bertz CT molecular complexity index is 967. The number of halogens is 1. The minimum atomic E-state index is -0.411. The van der Waals surface area contributed by atoms with Gasteiger partial charge in [0.25, 0.3) is 5.95 Å². The SMILES string of the molecule is CCNC1CC(c2nc(-n3c(=O)n(CC)c4ccc(F)cc43)no2)C1. The third-order valence-corrected chi connectivity index (χ3v) is 4.82. The van der Waals surface area contributed by atoms with Crippen LogP contribution in [0.4, 0.5) is 4.39 Å². The largest absolute Gasteiger partial charge is 0.337 e. The lowest BCUT2D eigenvalue weighted by atomic mass is 9.80. The minimum Gasteiger partial charge on any atom is -0.337 e. The van der Waals surface area contributed by atoms with Crippen LogP contribution in [-0.2, 0) is 6.54 Å². The van der Waals surface area contributed by atoms with Crippen LogP contribution >= 0.6 is 0 Å². The van der Waals surface area contributed by atoms with Crippen LogP contribution in [0.2, 0.25) is 0 Å². The van der Waals surface area contributed by atoms with Gasteiger partial charge in [-0.15, -0.1) is 0 Å². The summed E-state index contributed by atoms with van der Waals surface area (Å²) in [6.07, 6.45) is 1.88. The zero-order valence-electron chi connectivity index (χ0n) is 14.2. The van der Waals surface area contributed by atoms with Gasteiger partial charge in [0.2, 0.25) is 5.89 Å². The Morgan fingerprint density at radius 2 is 2.12 bits per heavy atom. The molecule has 1 aliphatic carbocycles. The average Bonchev–Trinajstić information content (AvgIpc) is 3.11. The van der Waals surface area contributed by atoms with E-state index in [0.717, 1.165) is 19.4 Å². The van der Waals surface area contributed by atoms with E-state index in [1.54, 1.807) is 10.6 Å². The molecule has 1 aliphatic rings. The van der Waals surface area contributed by atoms with Crippen molar-refractivity contribution in [2.45, 2.75) is 45.2 Å². The van der Waals surface area contributed by atoms with E-state index in [1.165, 1.54) is 16.7 Å². The van der Waals surface area contributed by atoms with Crippen LogP contribution in [0.25, 0.3) is 17.0 Å². The van der Waals surface area contributed by atoms with Gasteiger partial charge in [0.05, 0.1) is 11.0 Å². The van der Waals surface area contributed by atoms with Crippen molar-refractivity contribution in [1.29, 1.82) is 0 Å². The second kappa shape index (κ2) is 6.11. The zero-order valence-corrected chi connectivity index (χ0v) is 14.2. The lowest BCUT2D eigenvalue weighted by molar-refractivity contribution is 0.236. The van der Waals surface area contributed by atoms with Gasteiger partial charge in [0.1, 0.15) is 5.82 Å². The number of aromatic nitrogens is 4.